The summed E-state index contributed by atoms with van der Waals surface area (Å²) in [5, 5.41) is 16.6. The van der Waals surface area contributed by atoms with Crippen molar-refractivity contribution >= 4 is 29.0 Å². The number of carbonyl (C=O) groups is 1. The molecular weight excluding hydrogens is 342 g/mol. The first-order valence-corrected chi connectivity index (χ1v) is 10.1. The van der Waals surface area contributed by atoms with Gasteiger partial charge in [-0.15, -0.1) is 10.2 Å². The van der Waals surface area contributed by atoms with Gasteiger partial charge in [0.1, 0.15) is 10.7 Å². The van der Waals surface area contributed by atoms with Crippen LogP contribution in [-0.4, -0.2) is 38.2 Å². The van der Waals surface area contributed by atoms with E-state index in [1.807, 2.05) is 19.9 Å². The highest BCUT2D eigenvalue weighted by atomic mass is 32.2. The molecule has 0 saturated carbocycles. The molecule has 24 heavy (non-hydrogen) atoms. The molecule has 0 radical (unpaired) electrons. The summed E-state index contributed by atoms with van der Waals surface area (Å²) in [6.45, 7) is 9.62. The van der Waals surface area contributed by atoms with Gasteiger partial charge in [0.05, 0.1) is 5.69 Å². The van der Waals surface area contributed by atoms with E-state index in [9.17, 15) is 4.79 Å². The molecule has 0 bridgehead atoms. The third kappa shape index (κ3) is 5.59. The lowest BCUT2D eigenvalue weighted by Gasteiger charge is -2.06. The number of carbonyl (C=O) groups excluding carboxylic acids is 1. The number of thioether (sulfide) groups is 1. The zero-order valence-corrected chi connectivity index (χ0v) is 16.3. The molecule has 132 valence electrons. The van der Waals surface area contributed by atoms with E-state index in [2.05, 4.69) is 34.5 Å². The number of hydrogen-bond acceptors (Lipinski definition) is 6. The molecule has 0 saturated heterocycles. The molecule has 6 nitrogen and oxygen atoms in total. The summed E-state index contributed by atoms with van der Waals surface area (Å²) in [5.74, 6) is 1.40. The van der Waals surface area contributed by atoms with Crippen LogP contribution in [0.3, 0.4) is 0 Å². The van der Waals surface area contributed by atoms with Gasteiger partial charge in [-0.3, -0.25) is 9.48 Å². The number of rotatable bonds is 9. The molecule has 8 heteroatoms. The Hall–Kier alpha value is -1.41. The van der Waals surface area contributed by atoms with Gasteiger partial charge in [-0.25, -0.2) is 0 Å². The maximum Gasteiger partial charge on any atom is 0.269 e. The summed E-state index contributed by atoms with van der Waals surface area (Å²) in [6.07, 6.45) is 1.79. The van der Waals surface area contributed by atoms with Crippen molar-refractivity contribution < 1.29 is 4.79 Å². The second kappa shape index (κ2) is 9.17. The monoisotopic (exact) mass is 367 g/mol. The molecular formula is C16H25N5OS2. The van der Waals surface area contributed by atoms with Gasteiger partial charge in [-0.2, -0.15) is 5.10 Å². The van der Waals surface area contributed by atoms with Crippen molar-refractivity contribution in [3.05, 3.63) is 22.5 Å². The van der Waals surface area contributed by atoms with Gasteiger partial charge in [0.15, 0.2) is 4.34 Å². The number of aryl methyl sites for hydroxylation is 2. The predicted octanol–water partition coefficient (Wildman–Crippen LogP) is 3.17. The molecule has 2 aromatic heterocycles. The fourth-order valence-electron chi connectivity index (χ4n) is 2.27. The van der Waals surface area contributed by atoms with Gasteiger partial charge in [0.2, 0.25) is 0 Å². The van der Waals surface area contributed by atoms with E-state index < -0.39 is 0 Å². The molecule has 0 unspecified atom stereocenters. The van der Waals surface area contributed by atoms with Gasteiger partial charge >= 0.3 is 0 Å². The molecule has 2 aromatic rings. The first-order valence-electron chi connectivity index (χ1n) is 8.27. The Labute approximate surface area is 151 Å². The summed E-state index contributed by atoms with van der Waals surface area (Å²) < 4.78 is 2.77. The lowest BCUT2D eigenvalue weighted by Crippen LogP contribution is -2.27. The SMILES string of the molecule is CCn1nc(CC(C)C)cc1C(=O)NCCCSc1nnc(C)s1. The van der Waals surface area contributed by atoms with E-state index in [-0.39, 0.29) is 5.91 Å². The Balaban J connectivity index is 1.78. The van der Waals surface area contributed by atoms with Crippen LogP contribution in [0, 0.1) is 12.8 Å². The molecule has 0 spiro atoms. The minimum Gasteiger partial charge on any atom is -0.351 e. The molecule has 0 aliphatic carbocycles. The summed E-state index contributed by atoms with van der Waals surface area (Å²) in [5.41, 5.74) is 1.64. The molecule has 0 aliphatic rings. The van der Waals surface area contributed by atoms with E-state index >= 15 is 0 Å². The zero-order valence-electron chi connectivity index (χ0n) is 14.7. The van der Waals surface area contributed by atoms with Gasteiger partial charge in [0.25, 0.3) is 5.91 Å². The smallest absolute Gasteiger partial charge is 0.269 e. The van der Waals surface area contributed by atoms with Crippen molar-refractivity contribution in [3.8, 4) is 0 Å². The van der Waals surface area contributed by atoms with Crippen molar-refractivity contribution in [1.82, 2.24) is 25.3 Å². The standard InChI is InChI=1S/C16H25N5OS2/c1-5-21-14(10-13(20-21)9-11(2)3)15(22)17-7-6-8-23-16-19-18-12(4)24-16/h10-11H,5-9H2,1-4H3,(H,17,22). The third-order valence-corrected chi connectivity index (χ3v) is 5.38. The highest BCUT2D eigenvalue weighted by Gasteiger charge is 2.14. The molecule has 2 rings (SSSR count). The van der Waals surface area contributed by atoms with Crippen LogP contribution in [0.1, 0.15) is 48.4 Å². The second-order valence-electron chi connectivity index (χ2n) is 5.98. The van der Waals surface area contributed by atoms with Crippen LogP contribution in [0.5, 0.6) is 0 Å². The van der Waals surface area contributed by atoms with Gasteiger partial charge in [-0.1, -0.05) is 36.9 Å². The molecule has 2 heterocycles. The Bertz CT molecular complexity index is 665. The van der Waals surface area contributed by atoms with Gasteiger partial charge in [-0.05, 0) is 38.7 Å². The number of hydrogen-bond donors (Lipinski definition) is 1. The molecule has 0 atom stereocenters. The van der Waals surface area contributed by atoms with Crippen LogP contribution in [0.25, 0.3) is 0 Å². The first kappa shape index (κ1) is 18.9. The minimum absolute atomic E-state index is 0.0453. The lowest BCUT2D eigenvalue weighted by molar-refractivity contribution is 0.0943. The van der Waals surface area contributed by atoms with Crippen molar-refractivity contribution in [3.63, 3.8) is 0 Å². The summed E-state index contributed by atoms with van der Waals surface area (Å²) >= 11 is 3.29. The number of amides is 1. The van der Waals surface area contributed by atoms with E-state index in [1.54, 1.807) is 27.8 Å². The maximum absolute atomic E-state index is 12.4. The number of nitrogens with zero attached hydrogens (tertiary/aromatic N) is 4. The first-order chi connectivity index (χ1) is 11.5. The Morgan fingerprint density at radius 2 is 2.21 bits per heavy atom. The molecule has 1 amide bonds. The lowest BCUT2D eigenvalue weighted by atomic mass is 10.1. The second-order valence-corrected chi connectivity index (χ2v) is 8.50. The van der Waals surface area contributed by atoms with E-state index in [0.717, 1.165) is 33.6 Å². The minimum atomic E-state index is -0.0453. The van der Waals surface area contributed by atoms with E-state index in [1.165, 1.54) is 0 Å². The van der Waals surface area contributed by atoms with Crippen molar-refractivity contribution in [2.75, 3.05) is 12.3 Å². The Kier molecular flexibility index (Phi) is 7.23. The fraction of sp³-hybridized carbons (Fsp3) is 0.625. The average Bonchev–Trinajstić information content (AvgIpc) is 3.12. The van der Waals surface area contributed by atoms with Crippen LogP contribution < -0.4 is 5.32 Å². The summed E-state index contributed by atoms with van der Waals surface area (Å²) in [6, 6.07) is 1.91. The largest absolute Gasteiger partial charge is 0.351 e. The van der Waals surface area contributed by atoms with Crippen LogP contribution >= 0.6 is 23.1 Å². The zero-order chi connectivity index (χ0) is 17.5. The van der Waals surface area contributed by atoms with Gasteiger partial charge in [0, 0.05) is 18.8 Å². The van der Waals surface area contributed by atoms with E-state index in [4.69, 9.17) is 0 Å². The molecule has 1 N–H and O–H groups in total. The van der Waals surface area contributed by atoms with E-state index in [0.29, 0.717) is 24.7 Å². The average molecular weight is 368 g/mol. The topological polar surface area (TPSA) is 72.7 Å². The predicted molar refractivity (Wildman–Crippen MR) is 98.8 cm³/mol. The number of nitrogens with one attached hydrogen (secondary N) is 1. The number of aromatic nitrogens is 4. The quantitative estimate of drug-likeness (QED) is 0.544. The van der Waals surface area contributed by atoms with Gasteiger partial charge < -0.3 is 5.32 Å². The van der Waals surface area contributed by atoms with Crippen LogP contribution in [0.4, 0.5) is 0 Å². The van der Waals surface area contributed by atoms with Crippen molar-refractivity contribution in [2.24, 2.45) is 5.92 Å². The van der Waals surface area contributed by atoms with Crippen LogP contribution in [0.15, 0.2) is 10.4 Å². The highest BCUT2D eigenvalue weighted by Crippen LogP contribution is 2.22. The summed E-state index contributed by atoms with van der Waals surface area (Å²) in [4.78, 5) is 12.4. The van der Waals surface area contributed by atoms with Crippen molar-refractivity contribution in [1.29, 1.82) is 0 Å². The Morgan fingerprint density at radius 1 is 1.42 bits per heavy atom. The fourth-order valence-corrected chi connectivity index (χ4v) is 4.10. The Morgan fingerprint density at radius 3 is 2.83 bits per heavy atom. The molecule has 0 aliphatic heterocycles. The molecule has 0 fully saturated rings. The molecule has 0 aromatic carbocycles. The highest BCUT2D eigenvalue weighted by molar-refractivity contribution is 8.01. The third-order valence-electron chi connectivity index (χ3n) is 3.32. The van der Waals surface area contributed by atoms with Crippen molar-refractivity contribution in [2.45, 2.75) is 51.4 Å². The maximum atomic E-state index is 12.4. The normalized spacial score (nSPS) is 11.2. The summed E-state index contributed by atoms with van der Waals surface area (Å²) in [7, 11) is 0. The van der Waals surface area contributed by atoms with Crippen LogP contribution in [-0.2, 0) is 13.0 Å². The van der Waals surface area contributed by atoms with Crippen LogP contribution in [0.2, 0.25) is 0 Å².